The van der Waals surface area contributed by atoms with E-state index in [1.165, 1.54) is 0 Å². The molecule has 1 aromatic heterocycles. The quantitative estimate of drug-likeness (QED) is 0.542. The Balaban J connectivity index is 2.74. The third kappa shape index (κ3) is 3.01. The van der Waals surface area contributed by atoms with Crippen molar-refractivity contribution in [2.45, 2.75) is 13.8 Å². The van der Waals surface area contributed by atoms with Gasteiger partial charge in [0.1, 0.15) is 0 Å². The van der Waals surface area contributed by atoms with Crippen LogP contribution in [0.25, 0.3) is 6.08 Å². The maximum atomic E-state index is 11.2. The van der Waals surface area contributed by atoms with Crippen molar-refractivity contribution >= 4 is 12.0 Å². The van der Waals surface area contributed by atoms with Gasteiger partial charge in [-0.05, 0) is 32.1 Å². The maximum Gasteiger partial charge on any atom is 0.333 e. The number of esters is 1. The van der Waals surface area contributed by atoms with Crippen molar-refractivity contribution in [1.82, 2.24) is 4.98 Å². The summed E-state index contributed by atoms with van der Waals surface area (Å²) in [5.41, 5.74) is 1.32. The van der Waals surface area contributed by atoms with E-state index in [1.54, 1.807) is 26.1 Å². The molecule has 14 heavy (non-hydrogen) atoms. The summed E-state index contributed by atoms with van der Waals surface area (Å²) < 4.78 is 4.84. The molecule has 3 nitrogen and oxygen atoms in total. The molecule has 74 valence electrons. The van der Waals surface area contributed by atoms with E-state index in [0.29, 0.717) is 12.2 Å². The average molecular weight is 191 g/mol. The highest BCUT2D eigenvalue weighted by atomic mass is 16.5. The van der Waals surface area contributed by atoms with Crippen LogP contribution in [0.1, 0.15) is 19.5 Å². The van der Waals surface area contributed by atoms with Crippen molar-refractivity contribution in [1.29, 1.82) is 0 Å². The van der Waals surface area contributed by atoms with Gasteiger partial charge in [-0.25, -0.2) is 4.79 Å². The number of carbonyl (C=O) groups is 1. The Morgan fingerprint density at radius 3 is 2.93 bits per heavy atom. The first-order chi connectivity index (χ1) is 6.74. The summed E-state index contributed by atoms with van der Waals surface area (Å²) in [6, 6.07) is 5.54. The summed E-state index contributed by atoms with van der Waals surface area (Å²) in [5, 5.41) is 0. The Morgan fingerprint density at radius 1 is 1.57 bits per heavy atom. The van der Waals surface area contributed by atoms with Crippen LogP contribution in [0, 0.1) is 0 Å². The number of ether oxygens (including phenoxy) is 1. The first-order valence-electron chi connectivity index (χ1n) is 4.50. The molecule has 3 heteroatoms. The fraction of sp³-hybridized carbons (Fsp3) is 0.273. The minimum Gasteiger partial charge on any atom is -0.463 e. The van der Waals surface area contributed by atoms with Gasteiger partial charge in [-0.15, -0.1) is 0 Å². The highest BCUT2D eigenvalue weighted by molar-refractivity contribution is 5.92. The van der Waals surface area contributed by atoms with Crippen molar-refractivity contribution < 1.29 is 9.53 Å². The second-order valence-corrected chi connectivity index (χ2v) is 2.80. The molecule has 0 amide bonds. The Kier molecular flexibility index (Phi) is 3.85. The standard InChI is InChI=1S/C11H13NO2/c1-3-14-11(13)9(2)8-10-6-4-5-7-12-10/h4-8H,3H2,1-2H3/b9-8+. The molecule has 0 aliphatic heterocycles. The second-order valence-electron chi connectivity index (χ2n) is 2.80. The van der Waals surface area contributed by atoms with E-state index in [0.717, 1.165) is 5.69 Å². The van der Waals surface area contributed by atoms with Gasteiger partial charge in [0, 0.05) is 11.8 Å². The molecule has 1 heterocycles. The Hall–Kier alpha value is -1.64. The Labute approximate surface area is 83.4 Å². The summed E-state index contributed by atoms with van der Waals surface area (Å²) in [6.45, 7) is 3.89. The van der Waals surface area contributed by atoms with Gasteiger partial charge in [0.2, 0.25) is 0 Å². The van der Waals surface area contributed by atoms with Crippen LogP contribution in [0.5, 0.6) is 0 Å². The van der Waals surface area contributed by atoms with Crippen LogP contribution in [0.15, 0.2) is 30.0 Å². The Morgan fingerprint density at radius 2 is 2.36 bits per heavy atom. The molecule has 0 fully saturated rings. The van der Waals surface area contributed by atoms with Gasteiger partial charge in [0.25, 0.3) is 0 Å². The van der Waals surface area contributed by atoms with E-state index in [9.17, 15) is 4.79 Å². The van der Waals surface area contributed by atoms with Crippen LogP contribution < -0.4 is 0 Å². The number of hydrogen-bond donors (Lipinski definition) is 0. The molecular formula is C11H13NO2. The van der Waals surface area contributed by atoms with E-state index in [2.05, 4.69) is 4.98 Å². The molecule has 0 bridgehead atoms. The van der Waals surface area contributed by atoms with Crippen LogP contribution >= 0.6 is 0 Å². The lowest BCUT2D eigenvalue weighted by atomic mass is 10.2. The zero-order valence-electron chi connectivity index (χ0n) is 8.36. The zero-order chi connectivity index (χ0) is 10.4. The lowest BCUT2D eigenvalue weighted by Crippen LogP contribution is -2.04. The van der Waals surface area contributed by atoms with E-state index in [1.807, 2.05) is 18.2 Å². The van der Waals surface area contributed by atoms with Crippen LogP contribution in [0.3, 0.4) is 0 Å². The minimum absolute atomic E-state index is 0.293. The molecule has 0 aromatic carbocycles. The molecule has 0 aliphatic rings. The molecule has 0 unspecified atom stereocenters. The predicted molar refractivity (Wildman–Crippen MR) is 54.5 cm³/mol. The monoisotopic (exact) mass is 191 g/mol. The maximum absolute atomic E-state index is 11.2. The van der Waals surface area contributed by atoms with Crippen molar-refractivity contribution in [3.05, 3.63) is 35.7 Å². The molecule has 0 N–H and O–H groups in total. The highest BCUT2D eigenvalue weighted by Crippen LogP contribution is 2.04. The van der Waals surface area contributed by atoms with Crippen molar-refractivity contribution in [2.24, 2.45) is 0 Å². The summed E-state index contributed by atoms with van der Waals surface area (Å²) in [4.78, 5) is 15.3. The number of aromatic nitrogens is 1. The van der Waals surface area contributed by atoms with Crippen molar-refractivity contribution in [3.8, 4) is 0 Å². The molecule has 0 saturated heterocycles. The second kappa shape index (κ2) is 5.17. The van der Waals surface area contributed by atoms with Crippen LogP contribution in [0.4, 0.5) is 0 Å². The fourth-order valence-corrected chi connectivity index (χ4v) is 0.987. The minimum atomic E-state index is -0.293. The Bertz CT molecular complexity index is 330. The molecule has 0 spiro atoms. The first kappa shape index (κ1) is 10.4. The number of hydrogen-bond acceptors (Lipinski definition) is 3. The van der Waals surface area contributed by atoms with E-state index in [-0.39, 0.29) is 5.97 Å². The third-order valence-corrected chi connectivity index (χ3v) is 1.65. The largest absolute Gasteiger partial charge is 0.463 e. The molecular weight excluding hydrogens is 178 g/mol. The molecule has 1 aromatic rings. The molecule has 0 saturated carbocycles. The first-order valence-corrected chi connectivity index (χ1v) is 4.50. The van der Waals surface area contributed by atoms with Crippen LogP contribution in [0.2, 0.25) is 0 Å². The van der Waals surface area contributed by atoms with Crippen molar-refractivity contribution in [2.75, 3.05) is 6.61 Å². The number of pyridine rings is 1. The van der Waals surface area contributed by atoms with Gasteiger partial charge in [0.15, 0.2) is 0 Å². The van der Waals surface area contributed by atoms with Gasteiger partial charge in [-0.1, -0.05) is 6.07 Å². The summed E-state index contributed by atoms with van der Waals surface area (Å²) >= 11 is 0. The molecule has 0 aliphatic carbocycles. The summed E-state index contributed by atoms with van der Waals surface area (Å²) in [5.74, 6) is -0.293. The number of carbonyl (C=O) groups excluding carboxylic acids is 1. The van der Waals surface area contributed by atoms with Gasteiger partial charge in [0.05, 0.1) is 12.3 Å². The van der Waals surface area contributed by atoms with Gasteiger partial charge < -0.3 is 4.74 Å². The van der Waals surface area contributed by atoms with Crippen LogP contribution in [-0.4, -0.2) is 17.6 Å². The number of rotatable bonds is 3. The lowest BCUT2D eigenvalue weighted by Gasteiger charge is -2.00. The van der Waals surface area contributed by atoms with Gasteiger partial charge in [-0.2, -0.15) is 0 Å². The fourth-order valence-electron chi connectivity index (χ4n) is 0.987. The highest BCUT2D eigenvalue weighted by Gasteiger charge is 2.03. The lowest BCUT2D eigenvalue weighted by molar-refractivity contribution is -0.138. The topological polar surface area (TPSA) is 39.2 Å². The van der Waals surface area contributed by atoms with E-state index >= 15 is 0 Å². The van der Waals surface area contributed by atoms with Gasteiger partial charge in [-0.3, -0.25) is 4.98 Å². The predicted octanol–water partition coefficient (Wildman–Crippen LogP) is 2.05. The third-order valence-electron chi connectivity index (χ3n) is 1.65. The van der Waals surface area contributed by atoms with Gasteiger partial charge >= 0.3 is 5.97 Å². The summed E-state index contributed by atoms with van der Waals surface area (Å²) in [7, 11) is 0. The van der Waals surface area contributed by atoms with Crippen LogP contribution in [-0.2, 0) is 9.53 Å². The van der Waals surface area contributed by atoms with E-state index in [4.69, 9.17) is 4.74 Å². The van der Waals surface area contributed by atoms with Crippen molar-refractivity contribution in [3.63, 3.8) is 0 Å². The average Bonchev–Trinajstić information content (AvgIpc) is 2.19. The summed E-state index contributed by atoms with van der Waals surface area (Å²) in [6.07, 6.45) is 3.39. The SMILES string of the molecule is CCOC(=O)/C(C)=C/c1ccccn1. The zero-order valence-corrected chi connectivity index (χ0v) is 8.36. The molecule has 0 atom stereocenters. The molecule has 0 radical (unpaired) electrons. The smallest absolute Gasteiger partial charge is 0.333 e. The normalized spacial score (nSPS) is 11.1. The van der Waals surface area contributed by atoms with E-state index < -0.39 is 0 Å². The molecule has 1 rings (SSSR count). The number of nitrogens with zero attached hydrogens (tertiary/aromatic N) is 1.